The Balaban J connectivity index is 0. The molecule has 4 heteroatoms. The molecule has 0 aromatic carbocycles. The van der Waals surface area contributed by atoms with E-state index in [0.29, 0.717) is 10.2 Å². The predicted octanol–water partition coefficient (Wildman–Crippen LogP) is -1.17. The fourth-order valence-corrected chi connectivity index (χ4v) is 0.357. The maximum atomic E-state index is 5.30. The molecule has 0 spiro atoms. The van der Waals surface area contributed by atoms with E-state index in [-0.39, 0.29) is 20.3 Å². The summed E-state index contributed by atoms with van der Waals surface area (Å²) in [7, 11) is 0. The van der Waals surface area contributed by atoms with Gasteiger partial charge in [-0.25, -0.2) is 4.99 Å². The van der Waals surface area contributed by atoms with Crippen LogP contribution in [0.4, 0.5) is 0 Å². The number of nitrogens with zero attached hydrogens (tertiary/aromatic N) is 1. The molecule has 0 bridgehead atoms. The minimum atomic E-state index is 0. The van der Waals surface area contributed by atoms with Gasteiger partial charge in [-0.05, 0) is 0 Å². The van der Waals surface area contributed by atoms with Crippen molar-refractivity contribution in [1.82, 2.24) is 0 Å². The van der Waals surface area contributed by atoms with Gasteiger partial charge in [-0.15, -0.1) is 0 Å². The van der Waals surface area contributed by atoms with Crippen LogP contribution >= 0.6 is 23.2 Å². The minimum absolute atomic E-state index is 0. The van der Waals surface area contributed by atoms with Crippen molar-refractivity contribution in [1.29, 1.82) is 0 Å². The topological polar surface area (TPSA) is 12.4 Å². The Morgan fingerprint density at radius 3 is 2.00 bits per heavy atom. The Hall–Kier alpha value is 0.587. The first kappa shape index (κ1) is 7.59. The Morgan fingerprint density at radius 2 is 2.00 bits per heavy atom. The predicted molar refractivity (Wildman–Crippen MR) is 28.3 cm³/mol. The van der Waals surface area contributed by atoms with Crippen molar-refractivity contribution in [2.24, 2.45) is 4.99 Å². The molecule has 1 heterocycles. The second-order valence-electron chi connectivity index (χ2n) is 0.897. The summed E-state index contributed by atoms with van der Waals surface area (Å²) in [5, 5.41) is 0.966. The summed E-state index contributed by atoms with van der Waals surface area (Å²) in [5.74, 6) is 0. The molecule has 0 saturated heterocycles. The Labute approximate surface area is 65.1 Å². The third-order valence-corrected chi connectivity index (χ3v) is 1.16. The van der Waals surface area contributed by atoms with Gasteiger partial charge in [-0.2, -0.15) is 0 Å². The maximum Gasteiger partial charge on any atom is 1.00 e. The van der Waals surface area contributed by atoms with Gasteiger partial charge in [-0.1, -0.05) is 23.2 Å². The molecule has 0 amide bonds. The second kappa shape index (κ2) is 2.79. The molecule has 1 aliphatic heterocycles. The van der Waals surface area contributed by atoms with Crippen LogP contribution in [0.15, 0.2) is 16.2 Å². The Kier molecular flexibility index (Phi) is 3.02. The van der Waals surface area contributed by atoms with Crippen LogP contribution in [0, 0.1) is 0 Å². The molecule has 1 nitrogen and oxygen atoms in total. The van der Waals surface area contributed by atoms with E-state index in [1.54, 1.807) is 0 Å². The van der Waals surface area contributed by atoms with E-state index in [2.05, 4.69) is 4.99 Å². The van der Waals surface area contributed by atoms with Gasteiger partial charge in [0.15, 0.2) is 0 Å². The van der Waals surface area contributed by atoms with Crippen LogP contribution in [0.2, 0.25) is 0 Å². The maximum absolute atomic E-state index is 5.30. The number of rotatable bonds is 0. The van der Waals surface area contributed by atoms with Crippen LogP contribution in [-0.4, -0.2) is 5.17 Å². The summed E-state index contributed by atoms with van der Waals surface area (Å²) < 4.78 is 0. The van der Waals surface area contributed by atoms with E-state index in [1.807, 2.05) is 0 Å². The van der Waals surface area contributed by atoms with Crippen molar-refractivity contribution in [3.63, 3.8) is 0 Å². The zero-order valence-corrected chi connectivity index (χ0v) is 5.29. The molecule has 0 aromatic heterocycles. The average molecular weight is 130 g/mol. The monoisotopic (exact) mass is 129 g/mol. The largest absolute Gasteiger partial charge is 1.00 e. The first-order valence-corrected chi connectivity index (χ1v) is 2.15. The van der Waals surface area contributed by atoms with E-state index < -0.39 is 0 Å². The Morgan fingerprint density at radius 1 is 1.57 bits per heavy atom. The zero-order valence-electron chi connectivity index (χ0n) is 4.78. The third-order valence-electron chi connectivity index (χ3n) is 0.488. The Bertz CT molecular complexity index is 117. The molecular formula is C3H2Cl2LiN. The van der Waals surface area contributed by atoms with Crippen molar-refractivity contribution in [2.45, 2.75) is 0 Å². The smallest absolute Gasteiger partial charge is 1.00 e. The fourth-order valence-electron chi connectivity index (χ4n) is 0.162. The van der Waals surface area contributed by atoms with Gasteiger partial charge in [0.05, 0.1) is 11.2 Å². The molecule has 7 heavy (non-hydrogen) atoms. The van der Waals surface area contributed by atoms with Crippen LogP contribution in [0.25, 0.3) is 0 Å². The van der Waals surface area contributed by atoms with Crippen molar-refractivity contribution in [2.75, 3.05) is 0 Å². The third kappa shape index (κ3) is 1.51. The van der Waals surface area contributed by atoms with Crippen molar-refractivity contribution in [3.05, 3.63) is 11.2 Å². The zero-order chi connectivity index (χ0) is 4.57. The first-order valence-electron chi connectivity index (χ1n) is 1.40. The summed E-state index contributed by atoms with van der Waals surface area (Å²) in [5.41, 5.74) is 0. The van der Waals surface area contributed by atoms with Gasteiger partial charge in [0, 0.05) is 0 Å². The average Bonchev–Trinajstić information content (AvgIpc) is 1.61. The normalized spacial score (nSPS) is 15.7. The van der Waals surface area contributed by atoms with Crippen molar-refractivity contribution in [3.8, 4) is 0 Å². The SMILES string of the molecule is ClC1=CN=C1Cl.[H-].[Li+]. The molecule has 0 N–H and O–H groups in total. The van der Waals surface area contributed by atoms with E-state index in [9.17, 15) is 0 Å². The quantitative estimate of drug-likeness (QED) is 0.366. The van der Waals surface area contributed by atoms with Crippen LogP contribution in [0.5, 0.6) is 0 Å². The molecule has 0 fully saturated rings. The van der Waals surface area contributed by atoms with Crippen LogP contribution in [-0.2, 0) is 0 Å². The fraction of sp³-hybridized carbons (Fsp3) is 0. The van der Waals surface area contributed by atoms with Crippen LogP contribution in [0.3, 0.4) is 0 Å². The van der Waals surface area contributed by atoms with Gasteiger partial charge in [0.1, 0.15) is 5.17 Å². The molecule has 0 unspecified atom stereocenters. The summed E-state index contributed by atoms with van der Waals surface area (Å²) in [6, 6.07) is 0. The number of hydrogen-bond donors (Lipinski definition) is 0. The standard InChI is InChI=1S/C3HCl2N.Li.H/c4-2-1-6-3(2)5;;/h1H;;/q;+1;-1. The van der Waals surface area contributed by atoms with Gasteiger partial charge in [0.2, 0.25) is 0 Å². The summed E-state index contributed by atoms with van der Waals surface area (Å²) in [4.78, 5) is 3.54. The molecule has 0 aromatic rings. The summed E-state index contributed by atoms with van der Waals surface area (Å²) in [6.45, 7) is 0. The number of halogens is 2. The van der Waals surface area contributed by atoms with Crippen LogP contribution in [0.1, 0.15) is 1.43 Å². The number of allylic oxidation sites excluding steroid dienone is 1. The summed E-state index contributed by atoms with van der Waals surface area (Å²) in [6.07, 6.45) is 1.50. The first-order chi connectivity index (χ1) is 2.80. The van der Waals surface area contributed by atoms with E-state index in [1.165, 1.54) is 6.20 Å². The molecule has 1 rings (SSSR count). The molecule has 0 atom stereocenters. The van der Waals surface area contributed by atoms with Gasteiger partial charge in [-0.3, -0.25) is 0 Å². The second-order valence-corrected chi connectivity index (χ2v) is 1.66. The molecule has 1 aliphatic rings. The van der Waals surface area contributed by atoms with Crippen molar-refractivity contribution < 1.29 is 20.3 Å². The van der Waals surface area contributed by atoms with Gasteiger partial charge >= 0.3 is 18.9 Å². The van der Waals surface area contributed by atoms with Gasteiger partial charge < -0.3 is 1.43 Å². The number of hydrogen-bond acceptors (Lipinski definition) is 1. The summed E-state index contributed by atoms with van der Waals surface area (Å²) >= 11 is 10.5. The minimum Gasteiger partial charge on any atom is -1.00 e. The molecule has 0 radical (unpaired) electrons. The van der Waals surface area contributed by atoms with Gasteiger partial charge in [0.25, 0.3) is 0 Å². The molecule has 34 valence electrons. The molecular weight excluding hydrogens is 128 g/mol. The number of aliphatic imine (C=N–C) groups is 1. The molecule has 0 saturated carbocycles. The van der Waals surface area contributed by atoms with Crippen LogP contribution < -0.4 is 18.9 Å². The van der Waals surface area contributed by atoms with E-state index in [0.717, 1.165) is 0 Å². The van der Waals surface area contributed by atoms with E-state index in [4.69, 9.17) is 23.2 Å². The molecule has 0 aliphatic carbocycles. The van der Waals surface area contributed by atoms with Crippen molar-refractivity contribution >= 4 is 28.4 Å². The van der Waals surface area contributed by atoms with E-state index >= 15 is 0 Å².